The third-order valence-corrected chi connectivity index (χ3v) is 8.08. The molecule has 1 amide bonds. The number of nitrogens with one attached hydrogen (secondary N) is 2. The second kappa shape index (κ2) is 7.11. The van der Waals surface area contributed by atoms with Gasteiger partial charge >= 0.3 is 0 Å². The Morgan fingerprint density at radius 2 is 2.00 bits per heavy atom. The highest BCUT2D eigenvalue weighted by atomic mass is 16.2. The van der Waals surface area contributed by atoms with E-state index in [1.165, 1.54) is 18.4 Å². The van der Waals surface area contributed by atoms with Gasteiger partial charge in [-0.2, -0.15) is 5.26 Å². The zero-order valence-corrected chi connectivity index (χ0v) is 18.1. The lowest BCUT2D eigenvalue weighted by Crippen LogP contribution is -2.63. The van der Waals surface area contributed by atoms with Crippen LogP contribution in [0, 0.1) is 34.0 Å². The standard InChI is InChI=1S/C25H32N4O/c1-15(24(27)23-20(17-6-7-17)4-3-5-21(23)28-2)8-22(30)29-18-9-16-10-19(29)13-25(11-16,12-18)14-26/h3-5,15-19,27-28H,6-13H2,1-2H3/t15?,16?,18-,19?,25?/m1/s1. The normalized spacial score (nSPS) is 32.6. The number of hydrogen-bond acceptors (Lipinski definition) is 4. The van der Waals surface area contributed by atoms with E-state index < -0.39 is 0 Å². The Kier molecular flexibility index (Phi) is 4.65. The lowest BCUT2D eigenvalue weighted by Gasteiger charge is -2.59. The molecule has 0 radical (unpaired) electrons. The van der Waals surface area contributed by atoms with Crippen LogP contribution in [-0.4, -0.2) is 35.7 Å². The number of rotatable bonds is 6. The van der Waals surface area contributed by atoms with Crippen LogP contribution < -0.4 is 5.32 Å². The number of anilines is 1. The van der Waals surface area contributed by atoms with Crippen molar-refractivity contribution in [3.05, 3.63) is 29.3 Å². The van der Waals surface area contributed by atoms with E-state index in [0.717, 1.165) is 43.4 Å². The van der Waals surface area contributed by atoms with E-state index >= 15 is 0 Å². The Bertz CT molecular complexity index is 912. The quantitative estimate of drug-likeness (QED) is 0.676. The van der Waals surface area contributed by atoms with Crippen molar-refractivity contribution in [1.82, 2.24) is 4.90 Å². The number of carbonyl (C=O) groups is 1. The molecule has 5 heteroatoms. The minimum atomic E-state index is -0.184. The van der Waals surface area contributed by atoms with Gasteiger partial charge in [0.05, 0.1) is 11.5 Å². The van der Waals surface area contributed by atoms with Gasteiger partial charge in [0.2, 0.25) is 5.91 Å². The maximum atomic E-state index is 13.4. The van der Waals surface area contributed by atoms with Crippen molar-refractivity contribution < 1.29 is 4.79 Å². The fourth-order valence-corrected chi connectivity index (χ4v) is 6.70. The molecule has 3 aliphatic carbocycles. The fraction of sp³-hybridized carbons (Fsp3) is 0.640. The first-order valence-corrected chi connectivity index (χ1v) is 11.6. The third kappa shape index (κ3) is 3.12. The molecule has 2 N–H and O–H groups in total. The molecular formula is C25H32N4O. The largest absolute Gasteiger partial charge is 0.388 e. The molecule has 6 rings (SSSR count). The van der Waals surface area contributed by atoms with E-state index in [1.807, 2.05) is 20.0 Å². The molecule has 4 unspecified atom stereocenters. The van der Waals surface area contributed by atoms with Gasteiger partial charge in [-0.15, -0.1) is 0 Å². The lowest BCUT2D eigenvalue weighted by molar-refractivity contribution is -0.153. The molecule has 1 aromatic carbocycles. The molecule has 1 aromatic rings. The molecule has 158 valence electrons. The van der Waals surface area contributed by atoms with Gasteiger partial charge in [-0.05, 0) is 68.4 Å². The number of amides is 1. The van der Waals surface area contributed by atoms with Gasteiger partial charge in [-0.1, -0.05) is 19.1 Å². The Hall–Kier alpha value is -2.35. The Morgan fingerprint density at radius 3 is 2.60 bits per heavy atom. The van der Waals surface area contributed by atoms with Crippen molar-refractivity contribution in [3.8, 4) is 6.07 Å². The van der Waals surface area contributed by atoms with Crippen LogP contribution in [0.4, 0.5) is 5.69 Å². The van der Waals surface area contributed by atoms with Crippen molar-refractivity contribution in [2.45, 2.75) is 76.3 Å². The first kappa shape index (κ1) is 19.6. The summed E-state index contributed by atoms with van der Waals surface area (Å²) >= 11 is 0. The van der Waals surface area contributed by atoms with Gasteiger partial charge in [0.1, 0.15) is 0 Å². The second-order valence-corrected chi connectivity index (χ2v) is 10.3. The molecular weight excluding hydrogens is 372 g/mol. The lowest BCUT2D eigenvalue weighted by atomic mass is 9.56. The van der Waals surface area contributed by atoms with Crippen LogP contribution in [0.1, 0.15) is 75.3 Å². The van der Waals surface area contributed by atoms with Crippen molar-refractivity contribution in [3.63, 3.8) is 0 Å². The number of piperidine rings is 2. The van der Waals surface area contributed by atoms with Crippen LogP contribution in [0.5, 0.6) is 0 Å². The number of benzene rings is 1. The molecule has 2 aliphatic heterocycles. The van der Waals surface area contributed by atoms with Crippen LogP contribution >= 0.6 is 0 Å². The molecule has 5 atom stereocenters. The van der Waals surface area contributed by atoms with Gasteiger partial charge in [0.25, 0.3) is 0 Å². The predicted molar refractivity (Wildman–Crippen MR) is 118 cm³/mol. The Morgan fingerprint density at radius 1 is 1.30 bits per heavy atom. The number of carbonyl (C=O) groups excluding carboxylic acids is 1. The van der Waals surface area contributed by atoms with Crippen LogP contribution in [0.3, 0.4) is 0 Å². The van der Waals surface area contributed by atoms with E-state index in [-0.39, 0.29) is 29.3 Å². The van der Waals surface area contributed by atoms with Crippen LogP contribution in [0.25, 0.3) is 0 Å². The summed E-state index contributed by atoms with van der Waals surface area (Å²) in [5.41, 5.74) is 3.66. The Balaban J connectivity index is 1.33. The molecule has 2 heterocycles. The topological polar surface area (TPSA) is 80.0 Å². The molecule has 0 aromatic heterocycles. The fourth-order valence-electron chi connectivity index (χ4n) is 6.70. The molecule has 0 spiro atoms. The maximum absolute atomic E-state index is 13.4. The minimum absolute atomic E-state index is 0.119. The first-order valence-electron chi connectivity index (χ1n) is 11.6. The average molecular weight is 405 g/mol. The highest BCUT2D eigenvalue weighted by molar-refractivity contribution is 6.07. The summed E-state index contributed by atoms with van der Waals surface area (Å²) in [7, 11) is 1.91. The predicted octanol–water partition coefficient (Wildman–Crippen LogP) is 4.68. The van der Waals surface area contributed by atoms with E-state index in [2.05, 4.69) is 28.4 Å². The van der Waals surface area contributed by atoms with Gasteiger partial charge in [-0.25, -0.2) is 0 Å². The van der Waals surface area contributed by atoms with Crippen molar-refractivity contribution in [2.24, 2.45) is 17.3 Å². The highest BCUT2D eigenvalue weighted by Crippen LogP contribution is 2.56. The summed E-state index contributed by atoms with van der Waals surface area (Å²) in [6.45, 7) is 2.03. The van der Waals surface area contributed by atoms with E-state index in [9.17, 15) is 10.1 Å². The SMILES string of the molecule is CNc1cccc(C2CC2)c1C(=N)C(C)CC(=O)N1C2CC3C[C@@H]1CC(C#N)(C3)C2. The van der Waals surface area contributed by atoms with Crippen LogP contribution in [-0.2, 0) is 4.79 Å². The second-order valence-electron chi connectivity index (χ2n) is 10.3. The minimum Gasteiger partial charge on any atom is -0.388 e. The smallest absolute Gasteiger partial charge is 0.223 e. The van der Waals surface area contributed by atoms with Crippen LogP contribution in [0.15, 0.2) is 18.2 Å². The zero-order chi connectivity index (χ0) is 21.0. The molecule has 30 heavy (non-hydrogen) atoms. The summed E-state index contributed by atoms with van der Waals surface area (Å²) in [5.74, 6) is 1.24. The Labute approximate surface area is 179 Å². The van der Waals surface area contributed by atoms with E-state index in [1.54, 1.807) is 0 Å². The summed E-state index contributed by atoms with van der Waals surface area (Å²) in [5, 5.41) is 21.9. The number of nitrogens with zero attached hydrogens (tertiary/aromatic N) is 2. The van der Waals surface area contributed by atoms with Crippen molar-refractivity contribution >= 4 is 17.3 Å². The average Bonchev–Trinajstić information content (AvgIpc) is 3.57. The molecule has 5 nitrogen and oxygen atoms in total. The van der Waals surface area contributed by atoms with Gasteiger partial charge in [-0.3, -0.25) is 4.79 Å². The number of nitriles is 1. The van der Waals surface area contributed by atoms with Crippen molar-refractivity contribution in [2.75, 3.05) is 12.4 Å². The maximum Gasteiger partial charge on any atom is 0.223 e. The molecule has 5 aliphatic rings. The van der Waals surface area contributed by atoms with Crippen LogP contribution in [0.2, 0.25) is 0 Å². The molecule has 3 saturated carbocycles. The molecule has 2 saturated heterocycles. The van der Waals surface area contributed by atoms with Gasteiger partial charge in [0.15, 0.2) is 0 Å². The molecule has 4 bridgehead atoms. The summed E-state index contributed by atoms with van der Waals surface area (Å²) in [6.07, 6.45) is 7.63. The third-order valence-electron chi connectivity index (χ3n) is 8.08. The summed E-state index contributed by atoms with van der Waals surface area (Å²) in [4.78, 5) is 15.5. The highest BCUT2D eigenvalue weighted by Gasteiger charge is 2.56. The van der Waals surface area contributed by atoms with Gasteiger partial charge < -0.3 is 15.6 Å². The molecule has 5 fully saturated rings. The van der Waals surface area contributed by atoms with E-state index in [0.29, 0.717) is 24.0 Å². The van der Waals surface area contributed by atoms with E-state index in [4.69, 9.17) is 5.41 Å². The van der Waals surface area contributed by atoms with Crippen molar-refractivity contribution in [1.29, 1.82) is 10.7 Å². The summed E-state index contributed by atoms with van der Waals surface area (Å²) in [6, 6.07) is 9.33. The first-order chi connectivity index (χ1) is 14.4. The number of hydrogen-bond donors (Lipinski definition) is 2. The monoisotopic (exact) mass is 404 g/mol. The zero-order valence-electron chi connectivity index (χ0n) is 18.1. The van der Waals surface area contributed by atoms with Gasteiger partial charge in [0, 0.05) is 48.4 Å². The summed E-state index contributed by atoms with van der Waals surface area (Å²) < 4.78 is 0.